The summed E-state index contributed by atoms with van der Waals surface area (Å²) in [5.41, 5.74) is 2.61. The average molecular weight is 248 g/mol. The molecule has 4 unspecified atom stereocenters. The molecule has 0 heterocycles. The SMILES string of the molecule is C#CC1C(O)CCC2C(=C(C)CCC(=O)O)CC21. The van der Waals surface area contributed by atoms with Crippen LogP contribution in [0.15, 0.2) is 11.1 Å². The minimum absolute atomic E-state index is 0.0141. The Bertz CT molecular complexity index is 416. The number of aliphatic hydroxyl groups excluding tert-OH is 1. The molecule has 18 heavy (non-hydrogen) atoms. The van der Waals surface area contributed by atoms with Crippen LogP contribution < -0.4 is 0 Å². The molecule has 0 saturated heterocycles. The summed E-state index contributed by atoms with van der Waals surface area (Å²) in [6.45, 7) is 2.03. The van der Waals surface area contributed by atoms with Gasteiger partial charge in [0.2, 0.25) is 0 Å². The summed E-state index contributed by atoms with van der Waals surface area (Å²) in [6, 6.07) is 0. The number of terminal acetylenes is 1. The van der Waals surface area contributed by atoms with E-state index in [1.165, 1.54) is 11.1 Å². The number of carboxylic acid groups (broad SMARTS) is 1. The van der Waals surface area contributed by atoms with E-state index in [1.54, 1.807) is 0 Å². The van der Waals surface area contributed by atoms with E-state index in [0.29, 0.717) is 18.3 Å². The summed E-state index contributed by atoms with van der Waals surface area (Å²) in [5.74, 6) is 2.87. The molecule has 0 aromatic rings. The molecule has 2 aliphatic carbocycles. The highest BCUT2D eigenvalue weighted by atomic mass is 16.4. The van der Waals surface area contributed by atoms with Gasteiger partial charge in [0.25, 0.3) is 0 Å². The van der Waals surface area contributed by atoms with Crippen molar-refractivity contribution in [3.05, 3.63) is 11.1 Å². The Hall–Kier alpha value is -1.27. The lowest BCUT2D eigenvalue weighted by molar-refractivity contribution is -0.136. The van der Waals surface area contributed by atoms with E-state index in [2.05, 4.69) is 5.92 Å². The third kappa shape index (κ3) is 2.30. The van der Waals surface area contributed by atoms with Crippen molar-refractivity contribution in [2.75, 3.05) is 0 Å². The zero-order valence-corrected chi connectivity index (χ0v) is 10.7. The Balaban J connectivity index is 2.02. The van der Waals surface area contributed by atoms with Crippen molar-refractivity contribution >= 4 is 5.97 Å². The molecular formula is C15H20O3. The van der Waals surface area contributed by atoms with Gasteiger partial charge in [0.15, 0.2) is 0 Å². The Labute approximate surface area is 108 Å². The second kappa shape index (κ2) is 5.16. The largest absolute Gasteiger partial charge is 0.481 e. The smallest absolute Gasteiger partial charge is 0.303 e. The first-order chi connectivity index (χ1) is 8.54. The molecule has 0 aromatic heterocycles. The fraction of sp³-hybridized carbons (Fsp3) is 0.667. The van der Waals surface area contributed by atoms with Crippen molar-refractivity contribution in [1.82, 2.24) is 0 Å². The normalized spacial score (nSPS) is 37.2. The summed E-state index contributed by atoms with van der Waals surface area (Å²) in [4.78, 5) is 10.6. The lowest BCUT2D eigenvalue weighted by Gasteiger charge is -2.49. The molecule has 0 amide bonds. The van der Waals surface area contributed by atoms with Gasteiger partial charge in [-0.05, 0) is 44.4 Å². The van der Waals surface area contributed by atoms with Crippen LogP contribution in [0.3, 0.4) is 0 Å². The number of allylic oxidation sites excluding steroid dienone is 2. The number of carbonyl (C=O) groups is 1. The van der Waals surface area contributed by atoms with Gasteiger partial charge in [0, 0.05) is 12.3 Å². The quantitative estimate of drug-likeness (QED) is 0.594. The zero-order valence-electron chi connectivity index (χ0n) is 10.7. The summed E-state index contributed by atoms with van der Waals surface area (Å²) < 4.78 is 0. The van der Waals surface area contributed by atoms with E-state index in [4.69, 9.17) is 11.5 Å². The van der Waals surface area contributed by atoms with Gasteiger partial charge in [-0.3, -0.25) is 4.79 Å². The monoisotopic (exact) mass is 248 g/mol. The number of carboxylic acids is 1. The number of aliphatic carboxylic acids is 1. The van der Waals surface area contributed by atoms with Crippen molar-refractivity contribution in [3.63, 3.8) is 0 Å². The van der Waals surface area contributed by atoms with Gasteiger partial charge in [-0.25, -0.2) is 0 Å². The van der Waals surface area contributed by atoms with Gasteiger partial charge in [-0.15, -0.1) is 12.3 Å². The predicted octanol–water partition coefficient (Wildman–Crippen LogP) is 2.21. The van der Waals surface area contributed by atoms with Crippen molar-refractivity contribution < 1.29 is 15.0 Å². The maximum absolute atomic E-state index is 10.6. The van der Waals surface area contributed by atoms with E-state index < -0.39 is 5.97 Å². The van der Waals surface area contributed by atoms with E-state index in [1.807, 2.05) is 6.92 Å². The lowest BCUT2D eigenvalue weighted by atomic mass is 9.56. The highest BCUT2D eigenvalue weighted by molar-refractivity contribution is 5.67. The predicted molar refractivity (Wildman–Crippen MR) is 68.7 cm³/mol. The summed E-state index contributed by atoms with van der Waals surface area (Å²) >= 11 is 0. The maximum atomic E-state index is 10.6. The van der Waals surface area contributed by atoms with Crippen LogP contribution in [-0.4, -0.2) is 22.3 Å². The Morgan fingerprint density at radius 3 is 2.78 bits per heavy atom. The highest BCUT2D eigenvalue weighted by Gasteiger charge is 2.46. The minimum atomic E-state index is -0.744. The van der Waals surface area contributed by atoms with Crippen LogP contribution in [0.25, 0.3) is 0 Å². The van der Waals surface area contributed by atoms with Crippen molar-refractivity contribution in [1.29, 1.82) is 0 Å². The van der Waals surface area contributed by atoms with Gasteiger partial charge in [-0.1, -0.05) is 11.1 Å². The molecule has 3 heteroatoms. The molecule has 0 aromatic carbocycles. The van der Waals surface area contributed by atoms with Crippen molar-refractivity contribution in [2.24, 2.45) is 17.8 Å². The first-order valence-electron chi connectivity index (χ1n) is 6.59. The van der Waals surface area contributed by atoms with Gasteiger partial charge in [0.05, 0.1) is 6.10 Å². The third-order valence-corrected chi connectivity index (χ3v) is 4.52. The average Bonchev–Trinajstić information content (AvgIpc) is 2.29. The number of hydrogen-bond donors (Lipinski definition) is 2. The fourth-order valence-corrected chi connectivity index (χ4v) is 3.41. The molecule has 2 aliphatic rings. The molecule has 0 radical (unpaired) electrons. The summed E-state index contributed by atoms with van der Waals surface area (Å²) in [7, 11) is 0. The van der Waals surface area contributed by atoms with Crippen LogP contribution in [0, 0.1) is 30.1 Å². The maximum Gasteiger partial charge on any atom is 0.303 e. The fourth-order valence-electron chi connectivity index (χ4n) is 3.41. The molecule has 2 saturated carbocycles. The highest BCUT2D eigenvalue weighted by Crippen LogP contribution is 2.52. The van der Waals surface area contributed by atoms with Crippen LogP contribution in [0.5, 0.6) is 0 Å². The number of hydrogen-bond acceptors (Lipinski definition) is 2. The van der Waals surface area contributed by atoms with Crippen LogP contribution >= 0.6 is 0 Å². The Morgan fingerprint density at radius 1 is 1.44 bits per heavy atom. The molecule has 2 rings (SSSR count). The second-order valence-electron chi connectivity index (χ2n) is 5.51. The van der Waals surface area contributed by atoms with E-state index in [9.17, 15) is 9.90 Å². The number of fused-ring (bicyclic) bond motifs is 1. The minimum Gasteiger partial charge on any atom is -0.481 e. The van der Waals surface area contributed by atoms with Crippen molar-refractivity contribution in [3.8, 4) is 12.3 Å². The van der Waals surface area contributed by atoms with E-state index in [0.717, 1.165) is 19.3 Å². The molecule has 4 atom stereocenters. The van der Waals surface area contributed by atoms with Crippen LogP contribution in [0.1, 0.15) is 39.0 Å². The Kier molecular flexibility index (Phi) is 3.77. The topological polar surface area (TPSA) is 57.5 Å². The first kappa shape index (κ1) is 13.2. The molecule has 98 valence electrons. The van der Waals surface area contributed by atoms with E-state index >= 15 is 0 Å². The molecule has 0 spiro atoms. The van der Waals surface area contributed by atoms with Gasteiger partial charge in [-0.2, -0.15) is 0 Å². The van der Waals surface area contributed by atoms with Crippen molar-refractivity contribution in [2.45, 2.75) is 45.1 Å². The van der Waals surface area contributed by atoms with E-state index in [-0.39, 0.29) is 18.4 Å². The third-order valence-electron chi connectivity index (χ3n) is 4.52. The Morgan fingerprint density at radius 2 is 2.17 bits per heavy atom. The molecule has 2 N–H and O–H groups in total. The van der Waals surface area contributed by atoms with Gasteiger partial charge in [0.1, 0.15) is 0 Å². The summed E-state index contributed by atoms with van der Waals surface area (Å²) in [5, 5.41) is 18.6. The molecule has 0 bridgehead atoms. The molecular weight excluding hydrogens is 228 g/mol. The molecule has 2 fully saturated rings. The molecule has 0 aliphatic heterocycles. The zero-order chi connectivity index (χ0) is 13.3. The lowest BCUT2D eigenvalue weighted by Crippen LogP contribution is -2.44. The second-order valence-corrected chi connectivity index (χ2v) is 5.51. The van der Waals surface area contributed by atoms with Crippen LogP contribution in [-0.2, 0) is 4.79 Å². The van der Waals surface area contributed by atoms with Crippen LogP contribution in [0.2, 0.25) is 0 Å². The summed E-state index contributed by atoms with van der Waals surface area (Å²) in [6.07, 6.45) is 8.69. The van der Waals surface area contributed by atoms with Gasteiger partial charge >= 0.3 is 5.97 Å². The number of rotatable bonds is 3. The number of aliphatic hydroxyl groups is 1. The standard InChI is InChI=1S/C15H20O3/c1-3-10-13-8-12(9(2)4-7-15(17)18)11(13)5-6-14(10)16/h1,10-11,13-14,16H,4-8H2,2H3,(H,17,18). The first-order valence-corrected chi connectivity index (χ1v) is 6.59. The van der Waals surface area contributed by atoms with Crippen LogP contribution in [0.4, 0.5) is 0 Å². The van der Waals surface area contributed by atoms with Gasteiger partial charge < -0.3 is 10.2 Å². The molecule has 3 nitrogen and oxygen atoms in total.